The first-order valence-electron chi connectivity index (χ1n) is 12.0. The minimum Gasteiger partial charge on any atom is -0.466 e. The van der Waals surface area contributed by atoms with Gasteiger partial charge in [-0.05, 0) is 42.7 Å². The molecule has 3 N–H and O–H groups in total. The number of carbonyl (C=O) groups excluding carboxylic acids is 3. The van der Waals surface area contributed by atoms with Crippen LogP contribution < -0.4 is 16.0 Å². The molecular weight excluding hydrogens is 472 g/mol. The number of methoxy groups -OCH3 is 2. The number of esters is 2. The Bertz CT molecular complexity index is 1300. The van der Waals surface area contributed by atoms with Crippen molar-refractivity contribution in [3.8, 4) is 6.07 Å². The van der Waals surface area contributed by atoms with Crippen molar-refractivity contribution in [3.05, 3.63) is 88.4 Å². The van der Waals surface area contributed by atoms with E-state index in [2.05, 4.69) is 11.4 Å². The van der Waals surface area contributed by atoms with E-state index in [0.717, 1.165) is 25.7 Å². The quantitative estimate of drug-likeness (QED) is 0.577. The maximum atomic E-state index is 13.1. The first-order valence-corrected chi connectivity index (χ1v) is 12.0. The summed E-state index contributed by atoms with van der Waals surface area (Å²) in [7, 11) is 2.39. The molecule has 1 aliphatic carbocycles. The Balaban J connectivity index is 1.83. The first-order chi connectivity index (χ1) is 17.9. The van der Waals surface area contributed by atoms with Crippen LogP contribution in [-0.2, 0) is 19.1 Å². The second-order valence-corrected chi connectivity index (χ2v) is 8.84. The van der Waals surface area contributed by atoms with Gasteiger partial charge in [-0.3, -0.25) is 9.69 Å². The van der Waals surface area contributed by atoms with Gasteiger partial charge in [0.2, 0.25) is 0 Å². The maximum Gasteiger partial charge on any atom is 0.355 e. The number of amides is 1. The average molecular weight is 501 g/mol. The predicted molar refractivity (Wildman–Crippen MR) is 136 cm³/mol. The van der Waals surface area contributed by atoms with Gasteiger partial charge in [-0.25, -0.2) is 9.59 Å². The van der Waals surface area contributed by atoms with Crippen molar-refractivity contribution in [3.63, 3.8) is 0 Å². The number of nitrogens with two attached hydrogens (primary N) is 1. The molecule has 1 heterocycles. The van der Waals surface area contributed by atoms with Gasteiger partial charge in [-0.1, -0.05) is 43.2 Å². The Morgan fingerprint density at radius 3 is 2.16 bits per heavy atom. The van der Waals surface area contributed by atoms with Crippen LogP contribution in [0.25, 0.3) is 0 Å². The Kier molecular flexibility index (Phi) is 7.58. The molecule has 1 fully saturated rings. The van der Waals surface area contributed by atoms with E-state index in [0.29, 0.717) is 16.8 Å². The third-order valence-corrected chi connectivity index (χ3v) is 6.69. The van der Waals surface area contributed by atoms with Crippen LogP contribution in [0.3, 0.4) is 0 Å². The molecule has 9 heteroatoms. The van der Waals surface area contributed by atoms with Crippen LogP contribution in [-0.4, -0.2) is 38.1 Å². The van der Waals surface area contributed by atoms with Gasteiger partial charge >= 0.3 is 11.9 Å². The molecule has 0 aromatic heterocycles. The van der Waals surface area contributed by atoms with Gasteiger partial charge in [-0.15, -0.1) is 0 Å². The summed E-state index contributed by atoms with van der Waals surface area (Å²) in [5.41, 5.74) is 7.73. The summed E-state index contributed by atoms with van der Waals surface area (Å²) in [6.07, 6.45) is 4.12. The summed E-state index contributed by atoms with van der Waals surface area (Å²) in [5, 5.41) is 13.1. The van der Waals surface area contributed by atoms with Crippen LogP contribution in [0.5, 0.6) is 0 Å². The van der Waals surface area contributed by atoms with Gasteiger partial charge < -0.3 is 20.5 Å². The number of allylic oxidation sites excluding steroid dienone is 1. The van der Waals surface area contributed by atoms with E-state index in [1.54, 1.807) is 54.6 Å². The smallest absolute Gasteiger partial charge is 0.355 e. The number of ether oxygens (including phenoxy) is 2. The molecule has 1 saturated carbocycles. The van der Waals surface area contributed by atoms with Crippen LogP contribution in [0.15, 0.2) is 77.3 Å². The van der Waals surface area contributed by atoms with E-state index in [4.69, 9.17) is 15.2 Å². The number of benzene rings is 2. The number of anilines is 1. The van der Waals surface area contributed by atoms with E-state index < -0.39 is 17.9 Å². The largest absolute Gasteiger partial charge is 0.466 e. The zero-order chi connectivity index (χ0) is 26.5. The van der Waals surface area contributed by atoms with Crippen molar-refractivity contribution in [1.29, 1.82) is 5.26 Å². The molecule has 9 nitrogen and oxygen atoms in total. The monoisotopic (exact) mass is 500 g/mol. The SMILES string of the molecule is COC(=O)C1=C(C(=O)OC)N(c2ccc(C(=O)NC3CCCC3)cc2)C(N)=C(C#N)C1c1ccccc1. The molecule has 2 aromatic carbocycles. The highest BCUT2D eigenvalue weighted by Gasteiger charge is 2.43. The summed E-state index contributed by atoms with van der Waals surface area (Å²) in [5.74, 6) is -2.80. The fraction of sp³-hybridized carbons (Fsp3) is 0.286. The van der Waals surface area contributed by atoms with E-state index in [1.807, 2.05) is 0 Å². The summed E-state index contributed by atoms with van der Waals surface area (Å²) in [6, 6.07) is 17.5. The van der Waals surface area contributed by atoms with Crippen LogP contribution in [0.1, 0.15) is 47.5 Å². The van der Waals surface area contributed by atoms with Crippen molar-refractivity contribution >= 4 is 23.5 Å². The minimum atomic E-state index is -0.944. The molecule has 1 unspecified atom stereocenters. The predicted octanol–water partition coefficient (Wildman–Crippen LogP) is 3.26. The van der Waals surface area contributed by atoms with Crippen LogP contribution in [0, 0.1) is 11.3 Å². The topological polar surface area (TPSA) is 135 Å². The molecule has 1 aliphatic heterocycles. The Morgan fingerprint density at radius 2 is 1.59 bits per heavy atom. The maximum absolute atomic E-state index is 13.1. The van der Waals surface area contributed by atoms with Gasteiger partial charge in [0, 0.05) is 17.3 Å². The van der Waals surface area contributed by atoms with E-state index in [1.165, 1.54) is 19.1 Å². The van der Waals surface area contributed by atoms with Crippen molar-refractivity contribution in [2.24, 2.45) is 5.73 Å². The molecule has 2 aromatic rings. The van der Waals surface area contributed by atoms with Crippen LogP contribution in [0.4, 0.5) is 5.69 Å². The molecule has 1 amide bonds. The second kappa shape index (κ2) is 11.0. The number of carbonyl (C=O) groups is 3. The van der Waals surface area contributed by atoms with Crippen molar-refractivity contribution < 1.29 is 23.9 Å². The van der Waals surface area contributed by atoms with Gasteiger partial charge in [0.05, 0.1) is 37.4 Å². The number of rotatable bonds is 6. The van der Waals surface area contributed by atoms with E-state index in [-0.39, 0.29) is 34.6 Å². The van der Waals surface area contributed by atoms with Crippen molar-refractivity contribution in [2.45, 2.75) is 37.6 Å². The fourth-order valence-corrected chi connectivity index (χ4v) is 4.88. The zero-order valence-corrected chi connectivity index (χ0v) is 20.7. The molecule has 1 atom stereocenters. The van der Waals surface area contributed by atoms with Crippen LogP contribution >= 0.6 is 0 Å². The lowest BCUT2D eigenvalue weighted by molar-refractivity contribution is -0.139. The van der Waals surface area contributed by atoms with Crippen molar-refractivity contribution in [1.82, 2.24) is 5.32 Å². The lowest BCUT2D eigenvalue weighted by Crippen LogP contribution is -2.40. The molecule has 0 bridgehead atoms. The van der Waals surface area contributed by atoms with Gasteiger partial charge in [0.25, 0.3) is 5.91 Å². The number of nitrogens with zero attached hydrogens (tertiary/aromatic N) is 2. The van der Waals surface area contributed by atoms with Crippen LogP contribution in [0.2, 0.25) is 0 Å². The number of nitriles is 1. The zero-order valence-electron chi connectivity index (χ0n) is 20.7. The molecule has 37 heavy (non-hydrogen) atoms. The average Bonchev–Trinajstić information content (AvgIpc) is 3.45. The van der Waals surface area contributed by atoms with Gasteiger partial charge in [0.1, 0.15) is 11.5 Å². The van der Waals surface area contributed by atoms with E-state index in [9.17, 15) is 19.6 Å². The van der Waals surface area contributed by atoms with Gasteiger partial charge in [-0.2, -0.15) is 5.26 Å². The first kappa shape index (κ1) is 25.5. The Labute approximate surface area is 215 Å². The van der Waals surface area contributed by atoms with Crippen molar-refractivity contribution in [2.75, 3.05) is 19.1 Å². The third kappa shape index (κ3) is 4.91. The standard InChI is InChI=1S/C28H28N4O5/c1-36-27(34)23-22(17-8-4-3-5-9-17)21(16-29)25(30)32(24(23)28(35)37-2)20-14-12-18(13-15-20)26(33)31-19-10-6-7-11-19/h3-5,8-9,12-15,19,22H,6-7,10-11,30H2,1-2H3,(H,31,33). The Hall–Kier alpha value is -4.58. The lowest BCUT2D eigenvalue weighted by atomic mass is 9.81. The second-order valence-electron chi connectivity index (χ2n) is 8.84. The highest BCUT2D eigenvalue weighted by atomic mass is 16.5. The van der Waals surface area contributed by atoms with Gasteiger partial charge in [0.15, 0.2) is 0 Å². The minimum absolute atomic E-state index is 0.0347. The van der Waals surface area contributed by atoms with E-state index >= 15 is 0 Å². The number of nitrogens with one attached hydrogen (secondary N) is 1. The summed E-state index contributed by atoms with van der Waals surface area (Å²) < 4.78 is 10.1. The molecule has 4 rings (SSSR count). The number of hydrogen-bond donors (Lipinski definition) is 2. The molecule has 190 valence electrons. The summed E-state index contributed by atoms with van der Waals surface area (Å²) in [6.45, 7) is 0. The Morgan fingerprint density at radius 1 is 0.973 bits per heavy atom. The molecule has 2 aliphatic rings. The summed E-state index contributed by atoms with van der Waals surface area (Å²) in [4.78, 5) is 40.2. The highest BCUT2D eigenvalue weighted by Crippen LogP contribution is 2.43. The number of hydrogen-bond acceptors (Lipinski definition) is 8. The lowest BCUT2D eigenvalue weighted by Gasteiger charge is -2.35. The normalized spacial score (nSPS) is 17.9. The molecule has 0 saturated heterocycles. The third-order valence-electron chi connectivity index (χ3n) is 6.69. The summed E-state index contributed by atoms with van der Waals surface area (Å²) >= 11 is 0. The molecular formula is C28H28N4O5. The molecule has 0 spiro atoms. The fourth-order valence-electron chi connectivity index (χ4n) is 4.88. The highest BCUT2D eigenvalue weighted by molar-refractivity contribution is 6.06. The molecule has 0 radical (unpaired) electrons.